The van der Waals surface area contributed by atoms with E-state index in [0.29, 0.717) is 0 Å². The van der Waals surface area contributed by atoms with Crippen LogP contribution in [-0.2, 0) is 5.54 Å². The van der Waals surface area contributed by atoms with Gasteiger partial charge in [-0.25, -0.2) is 0 Å². The minimum Gasteiger partial charge on any atom is -0.305 e. The third-order valence-corrected chi connectivity index (χ3v) is 7.30. The van der Waals surface area contributed by atoms with Gasteiger partial charge < -0.3 is 5.32 Å². The molecular formula is C15H20ClNS2. The molecule has 1 N–H and O–H groups in total. The van der Waals surface area contributed by atoms with Crippen LogP contribution < -0.4 is 5.32 Å². The molecule has 4 heteroatoms. The van der Waals surface area contributed by atoms with Crippen LogP contribution in [0.2, 0.25) is 5.02 Å². The maximum Gasteiger partial charge on any atom is 0.0627 e. The summed E-state index contributed by atoms with van der Waals surface area (Å²) < 4.78 is 0.735. The zero-order chi connectivity index (χ0) is 13.1. The standard InChI is InChI=1S/C15H20ClNS2/c16-13-5-3-12(4-6-13)15(7-1-8-15)17-11-14-18-9-2-10-19-14/h3-6,14,17H,1-2,7-11H2. The van der Waals surface area contributed by atoms with Crippen LogP contribution in [0.1, 0.15) is 31.2 Å². The molecule has 1 saturated carbocycles. The van der Waals surface area contributed by atoms with Crippen LogP contribution in [0.15, 0.2) is 24.3 Å². The van der Waals surface area contributed by atoms with Gasteiger partial charge in [-0.05, 0) is 54.9 Å². The maximum atomic E-state index is 5.99. The maximum absolute atomic E-state index is 5.99. The Morgan fingerprint density at radius 3 is 2.37 bits per heavy atom. The van der Waals surface area contributed by atoms with Gasteiger partial charge in [-0.15, -0.1) is 23.5 Å². The van der Waals surface area contributed by atoms with E-state index in [9.17, 15) is 0 Å². The molecule has 1 saturated heterocycles. The molecular weight excluding hydrogens is 294 g/mol. The lowest BCUT2D eigenvalue weighted by atomic mass is 9.72. The van der Waals surface area contributed by atoms with Gasteiger partial charge in [-0.3, -0.25) is 0 Å². The minimum atomic E-state index is 0.225. The molecule has 104 valence electrons. The topological polar surface area (TPSA) is 12.0 Å². The fraction of sp³-hybridized carbons (Fsp3) is 0.600. The molecule has 0 bridgehead atoms. The second-order valence-electron chi connectivity index (χ2n) is 5.35. The molecule has 0 atom stereocenters. The van der Waals surface area contributed by atoms with E-state index in [1.165, 1.54) is 42.8 Å². The van der Waals surface area contributed by atoms with Crippen LogP contribution >= 0.6 is 35.1 Å². The molecule has 0 unspecified atom stereocenters. The predicted octanol–water partition coefficient (Wildman–Crippen LogP) is 4.51. The molecule has 2 fully saturated rings. The van der Waals surface area contributed by atoms with E-state index < -0.39 is 0 Å². The molecule has 1 heterocycles. The van der Waals surface area contributed by atoms with E-state index in [0.717, 1.165) is 16.1 Å². The van der Waals surface area contributed by atoms with Gasteiger partial charge in [0.1, 0.15) is 0 Å². The van der Waals surface area contributed by atoms with Crippen LogP contribution in [0, 0.1) is 0 Å². The summed E-state index contributed by atoms with van der Waals surface area (Å²) >= 11 is 10.2. The van der Waals surface area contributed by atoms with E-state index in [2.05, 4.69) is 41.0 Å². The summed E-state index contributed by atoms with van der Waals surface area (Å²) in [5, 5.41) is 4.68. The Morgan fingerprint density at radius 2 is 1.79 bits per heavy atom. The number of benzene rings is 1. The zero-order valence-electron chi connectivity index (χ0n) is 11.0. The van der Waals surface area contributed by atoms with Crippen molar-refractivity contribution in [3.8, 4) is 0 Å². The van der Waals surface area contributed by atoms with Gasteiger partial charge in [0.05, 0.1) is 4.58 Å². The van der Waals surface area contributed by atoms with Crippen molar-refractivity contribution < 1.29 is 0 Å². The first-order valence-corrected chi connectivity index (χ1v) is 9.50. The first-order chi connectivity index (χ1) is 9.28. The van der Waals surface area contributed by atoms with Crippen molar-refractivity contribution in [3.05, 3.63) is 34.9 Å². The fourth-order valence-electron chi connectivity index (χ4n) is 2.80. The molecule has 0 aromatic heterocycles. The zero-order valence-corrected chi connectivity index (χ0v) is 13.4. The van der Waals surface area contributed by atoms with Crippen LogP contribution in [0.25, 0.3) is 0 Å². The SMILES string of the molecule is Clc1ccc(C2(NCC3SCCCS3)CCC2)cc1. The third kappa shape index (κ3) is 3.26. The lowest BCUT2D eigenvalue weighted by Gasteiger charge is -2.44. The van der Waals surface area contributed by atoms with Crippen molar-refractivity contribution in [2.45, 2.75) is 35.8 Å². The second kappa shape index (κ2) is 6.30. The first kappa shape index (κ1) is 14.1. The third-order valence-electron chi connectivity index (χ3n) is 4.11. The smallest absolute Gasteiger partial charge is 0.0627 e. The summed E-state index contributed by atoms with van der Waals surface area (Å²) in [6.45, 7) is 1.12. The van der Waals surface area contributed by atoms with Gasteiger partial charge in [0, 0.05) is 17.1 Å². The molecule has 2 aliphatic rings. The number of nitrogens with one attached hydrogen (secondary N) is 1. The molecule has 1 aliphatic carbocycles. The van der Waals surface area contributed by atoms with Gasteiger partial charge in [0.2, 0.25) is 0 Å². The summed E-state index contributed by atoms with van der Waals surface area (Å²) in [6.07, 6.45) is 5.22. The molecule has 1 aromatic rings. The van der Waals surface area contributed by atoms with E-state index in [1.54, 1.807) is 0 Å². The number of hydrogen-bond acceptors (Lipinski definition) is 3. The van der Waals surface area contributed by atoms with Crippen LogP contribution in [0.3, 0.4) is 0 Å². The Labute approximate surface area is 129 Å². The summed E-state index contributed by atoms with van der Waals surface area (Å²) in [7, 11) is 0. The first-order valence-electron chi connectivity index (χ1n) is 7.03. The Morgan fingerprint density at radius 1 is 1.11 bits per heavy atom. The molecule has 3 rings (SSSR count). The highest BCUT2D eigenvalue weighted by Gasteiger charge is 2.38. The Kier molecular flexibility index (Phi) is 4.68. The molecule has 1 nitrogen and oxygen atoms in total. The van der Waals surface area contributed by atoms with Gasteiger partial charge in [-0.2, -0.15) is 0 Å². The van der Waals surface area contributed by atoms with Crippen molar-refractivity contribution in [1.82, 2.24) is 5.32 Å². The lowest BCUT2D eigenvalue weighted by Crippen LogP contribution is -2.50. The summed E-state index contributed by atoms with van der Waals surface area (Å²) in [4.78, 5) is 0. The fourth-order valence-corrected chi connectivity index (χ4v) is 5.62. The molecule has 0 radical (unpaired) electrons. The van der Waals surface area contributed by atoms with Gasteiger partial charge in [0.25, 0.3) is 0 Å². The molecule has 19 heavy (non-hydrogen) atoms. The van der Waals surface area contributed by atoms with E-state index in [4.69, 9.17) is 11.6 Å². The van der Waals surface area contributed by atoms with E-state index in [-0.39, 0.29) is 5.54 Å². The second-order valence-corrected chi connectivity index (χ2v) is 8.70. The predicted molar refractivity (Wildman–Crippen MR) is 88.3 cm³/mol. The van der Waals surface area contributed by atoms with Gasteiger partial charge in [0.15, 0.2) is 0 Å². The largest absolute Gasteiger partial charge is 0.305 e. The summed E-state index contributed by atoms with van der Waals surface area (Å²) in [6, 6.07) is 8.41. The minimum absolute atomic E-state index is 0.225. The van der Waals surface area contributed by atoms with Crippen molar-refractivity contribution in [3.63, 3.8) is 0 Å². The highest BCUT2D eigenvalue weighted by atomic mass is 35.5. The Balaban J connectivity index is 1.64. The molecule has 0 spiro atoms. The average molecular weight is 314 g/mol. The monoisotopic (exact) mass is 313 g/mol. The highest BCUT2D eigenvalue weighted by Crippen LogP contribution is 2.42. The number of rotatable bonds is 4. The molecule has 0 amide bonds. The Bertz CT molecular complexity index is 411. The summed E-state index contributed by atoms with van der Waals surface area (Å²) in [5.74, 6) is 2.65. The van der Waals surface area contributed by atoms with Crippen LogP contribution in [0.5, 0.6) is 0 Å². The van der Waals surface area contributed by atoms with Gasteiger partial charge in [-0.1, -0.05) is 23.7 Å². The van der Waals surface area contributed by atoms with Crippen molar-refractivity contribution in [2.75, 3.05) is 18.1 Å². The highest BCUT2D eigenvalue weighted by molar-refractivity contribution is 8.17. The van der Waals surface area contributed by atoms with Crippen molar-refractivity contribution in [2.24, 2.45) is 0 Å². The van der Waals surface area contributed by atoms with Crippen molar-refractivity contribution in [1.29, 1.82) is 0 Å². The number of thioether (sulfide) groups is 2. The normalized spacial score (nSPS) is 23.0. The quantitative estimate of drug-likeness (QED) is 0.878. The van der Waals surface area contributed by atoms with E-state index in [1.807, 2.05) is 12.1 Å². The molecule has 1 aromatic carbocycles. The number of hydrogen-bond donors (Lipinski definition) is 1. The van der Waals surface area contributed by atoms with E-state index >= 15 is 0 Å². The van der Waals surface area contributed by atoms with Crippen LogP contribution in [0.4, 0.5) is 0 Å². The van der Waals surface area contributed by atoms with Crippen LogP contribution in [-0.4, -0.2) is 22.6 Å². The Hall–Kier alpha value is 0.170. The van der Waals surface area contributed by atoms with Crippen molar-refractivity contribution >= 4 is 35.1 Å². The molecule has 1 aliphatic heterocycles. The van der Waals surface area contributed by atoms with Gasteiger partial charge >= 0.3 is 0 Å². The summed E-state index contributed by atoms with van der Waals surface area (Å²) in [5.41, 5.74) is 1.64. The lowest BCUT2D eigenvalue weighted by molar-refractivity contribution is 0.189. The number of halogens is 1. The average Bonchev–Trinajstić information content (AvgIpc) is 2.41.